The summed E-state index contributed by atoms with van der Waals surface area (Å²) < 4.78 is 10.4. The average Bonchev–Trinajstić information content (AvgIpc) is 2.38. The molecule has 1 unspecified atom stereocenters. The third-order valence-corrected chi connectivity index (χ3v) is 2.79. The number of nitrogens with one attached hydrogen (secondary N) is 1. The number of halogens is 1. The number of carbonyl (C=O) groups excluding carboxylic acids is 1. The van der Waals surface area contributed by atoms with E-state index in [1.54, 1.807) is 21.1 Å². The summed E-state index contributed by atoms with van der Waals surface area (Å²) in [5.41, 5.74) is 6.58. The predicted molar refractivity (Wildman–Crippen MR) is 81.8 cm³/mol. The maximum atomic E-state index is 11.5. The molecule has 1 rings (SSSR count). The molecule has 5 nitrogen and oxygen atoms in total. The lowest BCUT2D eigenvalue weighted by atomic mass is 10.1. The van der Waals surface area contributed by atoms with Crippen LogP contribution in [0.25, 0.3) is 0 Å². The van der Waals surface area contributed by atoms with Crippen LogP contribution >= 0.6 is 12.4 Å². The minimum Gasteiger partial charge on any atom is -0.493 e. The Bertz CT molecular complexity index is 438. The molecule has 0 fully saturated rings. The Morgan fingerprint density at radius 2 is 1.85 bits per heavy atom. The fourth-order valence-electron chi connectivity index (χ4n) is 1.79. The second kappa shape index (κ2) is 8.66. The van der Waals surface area contributed by atoms with Gasteiger partial charge in [0.15, 0.2) is 11.5 Å². The van der Waals surface area contributed by atoms with Crippen molar-refractivity contribution in [1.82, 2.24) is 5.32 Å². The van der Waals surface area contributed by atoms with E-state index in [-0.39, 0.29) is 24.4 Å². The van der Waals surface area contributed by atoms with Gasteiger partial charge in [0.2, 0.25) is 5.91 Å². The van der Waals surface area contributed by atoms with Crippen molar-refractivity contribution in [3.05, 3.63) is 23.8 Å². The van der Waals surface area contributed by atoms with Crippen LogP contribution in [0.15, 0.2) is 18.2 Å². The quantitative estimate of drug-likeness (QED) is 0.835. The molecule has 0 aliphatic heterocycles. The highest BCUT2D eigenvalue weighted by molar-refractivity contribution is 5.85. The lowest BCUT2D eigenvalue weighted by molar-refractivity contribution is -0.122. The van der Waals surface area contributed by atoms with Crippen molar-refractivity contribution in [1.29, 1.82) is 0 Å². The van der Waals surface area contributed by atoms with Gasteiger partial charge in [-0.05, 0) is 38.0 Å². The molecule has 6 heteroatoms. The van der Waals surface area contributed by atoms with E-state index in [2.05, 4.69) is 5.32 Å². The number of amides is 1. The van der Waals surface area contributed by atoms with E-state index in [1.165, 1.54) is 0 Å². The van der Waals surface area contributed by atoms with Gasteiger partial charge in [-0.1, -0.05) is 6.07 Å². The molecule has 20 heavy (non-hydrogen) atoms. The van der Waals surface area contributed by atoms with E-state index in [4.69, 9.17) is 15.2 Å². The molecule has 0 aromatic heterocycles. The van der Waals surface area contributed by atoms with Gasteiger partial charge >= 0.3 is 0 Å². The van der Waals surface area contributed by atoms with Crippen molar-refractivity contribution in [2.75, 3.05) is 14.2 Å². The number of ether oxygens (including phenoxy) is 2. The van der Waals surface area contributed by atoms with Crippen molar-refractivity contribution < 1.29 is 14.3 Å². The summed E-state index contributed by atoms with van der Waals surface area (Å²) in [6.07, 6.45) is 0.707. The zero-order valence-electron chi connectivity index (χ0n) is 12.3. The molecule has 0 spiro atoms. The Morgan fingerprint density at radius 1 is 1.25 bits per heavy atom. The van der Waals surface area contributed by atoms with E-state index in [9.17, 15) is 4.79 Å². The fraction of sp³-hybridized carbons (Fsp3) is 0.500. The Labute approximate surface area is 126 Å². The molecule has 0 aliphatic carbocycles. The molecular weight excluding hydrogens is 280 g/mol. The molecule has 1 amide bonds. The highest BCUT2D eigenvalue weighted by Gasteiger charge is 2.12. The van der Waals surface area contributed by atoms with E-state index in [0.29, 0.717) is 17.9 Å². The minimum atomic E-state index is -0.493. The molecule has 0 bridgehead atoms. The number of methoxy groups -OCH3 is 2. The maximum Gasteiger partial charge on any atom is 0.236 e. The van der Waals surface area contributed by atoms with Crippen LogP contribution in [0.2, 0.25) is 0 Å². The Hall–Kier alpha value is -1.46. The van der Waals surface area contributed by atoms with Crippen molar-refractivity contribution in [2.45, 2.75) is 32.4 Å². The second-order valence-electron chi connectivity index (χ2n) is 4.59. The second-order valence-corrected chi connectivity index (χ2v) is 4.59. The number of hydrogen-bond donors (Lipinski definition) is 2. The van der Waals surface area contributed by atoms with E-state index < -0.39 is 6.04 Å². The molecule has 0 radical (unpaired) electrons. The summed E-state index contributed by atoms with van der Waals surface area (Å²) in [4.78, 5) is 11.5. The third kappa shape index (κ3) is 5.27. The average molecular weight is 303 g/mol. The smallest absolute Gasteiger partial charge is 0.236 e. The van der Waals surface area contributed by atoms with E-state index in [1.807, 2.05) is 25.1 Å². The normalized spacial score (nSPS) is 12.8. The standard InChI is InChI=1S/C14H22N2O3.ClH/c1-9(16-14(17)10(2)15)7-11-5-6-12(18-3)13(8-11)19-4;/h5-6,8-10H,7,15H2,1-4H3,(H,16,17);1H/t9?,10-;/m0./s1. The van der Waals surface area contributed by atoms with E-state index in [0.717, 1.165) is 5.56 Å². The van der Waals surface area contributed by atoms with Crippen molar-refractivity contribution in [3.8, 4) is 11.5 Å². The van der Waals surface area contributed by atoms with Gasteiger partial charge in [0.1, 0.15) is 0 Å². The molecule has 3 N–H and O–H groups in total. The van der Waals surface area contributed by atoms with Gasteiger partial charge in [0.25, 0.3) is 0 Å². The molecule has 0 saturated heterocycles. The largest absolute Gasteiger partial charge is 0.493 e. The lowest BCUT2D eigenvalue weighted by Crippen LogP contribution is -2.43. The first-order valence-electron chi connectivity index (χ1n) is 6.24. The zero-order valence-corrected chi connectivity index (χ0v) is 13.1. The Balaban J connectivity index is 0.00000361. The molecule has 0 saturated carbocycles. The van der Waals surface area contributed by atoms with Gasteiger partial charge in [-0.25, -0.2) is 0 Å². The van der Waals surface area contributed by atoms with Gasteiger partial charge < -0.3 is 20.5 Å². The molecule has 1 aromatic rings. The van der Waals surface area contributed by atoms with Gasteiger partial charge in [-0.15, -0.1) is 12.4 Å². The number of rotatable bonds is 6. The van der Waals surface area contributed by atoms with E-state index >= 15 is 0 Å². The van der Waals surface area contributed by atoms with Gasteiger partial charge in [-0.3, -0.25) is 4.79 Å². The number of benzene rings is 1. The summed E-state index contributed by atoms with van der Waals surface area (Å²) >= 11 is 0. The molecular formula is C14H23ClN2O3. The summed E-state index contributed by atoms with van der Waals surface area (Å²) in [5.74, 6) is 1.23. The summed E-state index contributed by atoms with van der Waals surface area (Å²) in [5, 5.41) is 2.86. The first-order valence-corrected chi connectivity index (χ1v) is 6.24. The summed E-state index contributed by atoms with van der Waals surface area (Å²) in [6, 6.07) is 5.24. The van der Waals surface area contributed by atoms with Crippen molar-refractivity contribution >= 4 is 18.3 Å². The van der Waals surface area contributed by atoms with Crippen LogP contribution in [0.1, 0.15) is 19.4 Å². The SMILES string of the molecule is COc1ccc(CC(C)NC(=O)[C@H](C)N)cc1OC.Cl. The zero-order chi connectivity index (χ0) is 14.4. The Kier molecular flexibility index (Phi) is 8.03. The lowest BCUT2D eigenvalue weighted by Gasteiger charge is -2.16. The first-order chi connectivity index (χ1) is 8.97. The highest BCUT2D eigenvalue weighted by atomic mass is 35.5. The molecule has 0 heterocycles. The number of nitrogens with two attached hydrogens (primary N) is 1. The molecule has 0 aliphatic rings. The summed E-state index contributed by atoms with van der Waals surface area (Å²) in [6.45, 7) is 3.61. The van der Waals surface area contributed by atoms with Crippen LogP contribution in [-0.2, 0) is 11.2 Å². The van der Waals surface area contributed by atoms with Crippen LogP contribution in [0.4, 0.5) is 0 Å². The molecule has 1 aromatic carbocycles. The monoisotopic (exact) mass is 302 g/mol. The van der Waals surface area contributed by atoms with Gasteiger partial charge in [0, 0.05) is 6.04 Å². The molecule has 2 atom stereocenters. The van der Waals surface area contributed by atoms with Gasteiger partial charge in [0.05, 0.1) is 20.3 Å². The minimum absolute atomic E-state index is 0. The third-order valence-electron chi connectivity index (χ3n) is 2.79. The topological polar surface area (TPSA) is 73.6 Å². The van der Waals surface area contributed by atoms with Crippen LogP contribution in [0.3, 0.4) is 0 Å². The van der Waals surface area contributed by atoms with Crippen LogP contribution in [-0.4, -0.2) is 32.2 Å². The number of carbonyl (C=O) groups is 1. The molecule has 114 valence electrons. The predicted octanol–water partition coefficient (Wildman–Crippen LogP) is 1.52. The van der Waals surface area contributed by atoms with Crippen LogP contribution in [0.5, 0.6) is 11.5 Å². The number of hydrogen-bond acceptors (Lipinski definition) is 4. The summed E-state index contributed by atoms with van der Waals surface area (Å²) in [7, 11) is 3.20. The van der Waals surface area contributed by atoms with Crippen LogP contribution < -0.4 is 20.5 Å². The fourth-order valence-corrected chi connectivity index (χ4v) is 1.79. The Morgan fingerprint density at radius 3 is 2.35 bits per heavy atom. The van der Waals surface area contributed by atoms with Crippen molar-refractivity contribution in [2.24, 2.45) is 5.73 Å². The first kappa shape index (κ1) is 18.5. The van der Waals surface area contributed by atoms with Crippen LogP contribution in [0, 0.1) is 0 Å². The van der Waals surface area contributed by atoms with Gasteiger partial charge in [-0.2, -0.15) is 0 Å². The highest BCUT2D eigenvalue weighted by Crippen LogP contribution is 2.27. The van der Waals surface area contributed by atoms with Crippen molar-refractivity contribution in [3.63, 3.8) is 0 Å². The maximum absolute atomic E-state index is 11.5.